The molecule has 0 aromatic carbocycles. The van der Waals surface area contributed by atoms with Crippen LogP contribution in [-0.4, -0.2) is 17.5 Å². The molecule has 0 heterocycles. The molecule has 4 nitrogen and oxygen atoms in total. The van der Waals surface area contributed by atoms with Gasteiger partial charge < -0.3 is 9.11 Å². The van der Waals surface area contributed by atoms with Crippen molar-refractivity contribution in [3.05, 3.63) is 0 Å². The fourth-order valence-corrected chi connectivity index (χ4v) is 0. The van der Waals surface area contributed by atoms with Crippen molar-refractivity contribution in [1.82, 2.24) is 0 Å². The molecule has 0 unspecified atom stereocenters. The molecule has 0 aromatic rings. The van der Waals surface area contributed by atoms with Crippen LogP contribution in [-0.2, 0) is 27.5 Å². The molecule has 0 atom stereocenters. The molecule has 0 amide bonds. The molecule has 0 spiro atoms. The van der Waals surface area contributed by atoms with Gasteiger partial charge in [0.1, 0.15) is 0 Å². The van der Waals surface area contributed by atoms with E-state index < -0.39 is 10.4 Å². The fourth-order valence-electron chi connectivity index (χ4n) is 0. The third kappa shape index (κ3) is 149. The average Bonchev–Trinajstić information content (AvgIpc) is 0.722. The largest absolute Gasteiger partial charge is 2.00 e. The molecule has 0 fully saturated rings. The van der Waals surface area contributed by atoms with Gasteiger partial charge in [-0.2, -0.15) is 0 Å². The van der Waals surface area contributed by atoms with Gasteiger partial charge in [0.25, 0.3) is 0 Å². The molecule has 0 aliphatic carbocycles. The molecule has 0 aliphatic heterocycles. The predicted molar refractivity (Wildman–Crippen MR) is 13.3 cm³/mol. The monoisotopic (exact) mass is 288 g/mol. The van der Waals surface area contributed by atoms with Crippen LogP contribution in [0.3, 0.4) is 0 Å². The van der Waals surface area contributed by atoms with Crippen molar-refractivity contribution in [3.8, 4) is 0 Å². The molecule has 0 saturated carbocycles. The molecule has 0 saturated heterocycles. The maximum atomic E-state index is 8.52. The van der Waals surface area contributed by atoms with Gasteiger partial charge in [0.2, 0.25) is 24.0 Å². The van der Waals surface area contributed by atoms with Crippen molar-refractivity contribution in [1.29, 1.82) is 0 Å². The minimum Gasteiger partial charge on any atom is -0.759 e. The number of hydrogen-bond acceptors (Lipinski definition) is 4. The topological polar surface area (TPSA) is 80.3 Å². The van der Waals surface area contributed by atoms with Crippen LogP contribution in [0.4, 0.5) is 0 Å². The summed E-state index contributed by atoms with van der Waals surface area (Å²) in [5, 5.41) is 0. The molecular formula is H2CuIO4S+. The number of halogens is 1. The van der Waals surface area contributed by atoms with Gasteiger partial charge in [0.05, 0.1) is 0 Å². The molecule has 7 heteroatoms. The molecule has 0 N–H and O–H groups in total. The fraction of sp³-hybridized carbons (Fsp3) is 0. The number of rotatable bonds is 0. The van der Waals surface area contributed by atoms with Crippen molar-refractivity contribution in [3.63, 3.8) is 0 Å². The van der Waals surface area contributed by atoms with E-state index in [-0.39, 0.29) is 41.0 Å². The first kappa shape index (κ1) is 15.7. The van der Waals surface area contributed by atoms with Crippen LogP contribution in [0.2, 0.25) is 0 Å². The Morgan fingerprint density at radius 3 is 1.14 bits per heavy atom. The van der Waals surface area contributed by atoms with E-state index in [9.17, 15) is 0 Å². The zero-order valence-electron chi connectivity index (χ0n) is 2.79. The molecular weight excluding hydrogens is 287 g/mol. The van der Waals surface area contributed by atoms with Gasteiger partial charge in [-0.15, -0.1) is 0 Å². The Morgan fingerprint density at radius 2 is 1.14 bits per heavy atom. The Hall–Kier alpha value is 1.12. The summed E-state index contributed by atoms with van der Waals surface area (Å²) in [4.78, 5) is 0. The van der Waals surface area contributed by atoms with E-state index in [0.717, 1.165) is 0 Å². The van der Waals surface area contributed by atoms with Gasteiger partial charge in [-0.05, 0) is 0 Å². The van der Waals surface area contributed by atoms with Crippen molar-refractivity contribution in [2.75, 3.05) is 0 Å². The van der Waals surface area contributed by atoms with E-state index in [0.29, 0.717) is 0 Å². The van der Waals surface area contributed by atoms with Gasteiger partial charge in [0.15, 0.2) is 0 Å². The second-order valence-electron chi connectivity index (χ2n) is 0.408. The van der Waals surface area contributed by atoms with Gasteiger partial charge in [-0.1, -0.05) is 0 Å². The van der Waals surface area contributed by atoms with E-state index in [4.69, 9.17) is 17.5 Å². The Morgan fingerprint density at radius 1 is 1.14 bits per heavy atom. The Kier molecular flexibility index (Phi) is 11.8. The van der Waals surface area contributed by atoms with Crippen LogP contribution < -0.4 is 24.0 Å². The molecule has 0 bridgehead atoms. The van der Waals surface area contributed by atoms with Crippen molar-refractivity contribution >= 4 is 10.4 Å². The summed E-state index contributed by atoms with van der Waals surface area (Å²) in [6, 6.07) is 0. The average molecular weight is 289 g/mol. The maximum absolute atomic E-state index is 8.52. The van der Waals surface area contributed by atoms with Gasteiger partial charge >= 0.3 is 17.1 Å². The van der Waals surface area contributed by atoms with Crippen molar-refractivity contribution in [2.45, 2.75) is 0 Å². The summed E-state index contributed by atoms with van der Waals surface area (Å²) >= 11 is 0. The Balaban J connectivity index is -0.0000000800. The van der Waals surface area contributed by atoms with E-state index in [1.54, 1.807) is 0 Å². The summed E-state index contributed by atoms with van der Waals surface area (Å²) in [6.45, 7) is 0. The third-order valence-electron chi connectivity index (χ3n) is 0. The maximum Gasteiger partial charge on any atom is 2.00 e. The van der Waals surface area contributed by atoms with Crippen molar-refractivity contribution in [2.24, 2.45) is 0 Å². The van der Waals surface area contributed by atoms with Crippen molar-refractivity contribution < 1.29 is 58.6 Å². The van der Waals surface area contributed by atoms with Crippen LogP contribution in [0.5, 0.6) is 0 Å². The summed E-state index contributed by atoms with van der Waals surface area (Å²) in [6.07, 6.45) is 0. The van der Waals surface area contributed by atoms with Crippen LogP contribution in [0.25, 0.3) is 0 Å². The minimum absolute atomic E-state index is 0. The summed E-state index contributed by atoms with van der Waals surface area (Å²) in [5.74, 6) is 0. The summed E-state index contributed by atoms with van der Waals surface area (Å²) in [5.41, 5.74) is 0. The molecule has 49 valence electrons. The molecule has 0 aliphatic rings. The van der Waals surface area contributed by atoms with Crippen LogP contribution in [0.1, 0.15) is 0 Å². The van der Waals surface area contributed by atoms with Crippen LogP contribution >= 0.6 is 0 Å². The summed E-state index contributed by atoms with van der Waals surface area (Å²) in [7, 11) is -5.17. The Labute approximate surface area is 68.7 Å². The first-order chi connectivity index (χ1) is 2.00. The minimum atomic E-state index is -5.17. The third-order valence-corrected chi connectivity index (χ3v) is 0. The summed E-state index contributed by atoms with van der Waals surface area (Å²) < 4.78 is 34.1. The SMILES string of the molecule is O=S(=O)([O-])[O-].[Cu+2].[IH2+]. The first-order valence-corrected chi connectivity index (χ1v) is 2.00. The van der Waals surface area contributed by atoms with E-state index in [1.807, 2.05) is 0 Å². The van der Waals surface area contributed by atoms with E-state index in [2.05, 4.69) is 0 Å². The van der Waals surface area contributed by atoms with Gasteiger partial charge in [-0.3, -0.25) is 8.42 Å². The normalized spacial score (nSPS) is 8.29. The number of hydrogen-bond donors (Lipinski definition) is 0. The van der Waals surface area contributed by atoms with Gasteiger partial charge in [0, 0.05) is 10.4 Å². The van der Waals surface area contributed by atoms with Crippen LogP contribution in [0, 0.1) is 0 Å². The first-order valence-electron chi connectivity index (χ1n) is 0.667. The van der Waals surface area contributed by atoms with E-state index >= 15 is 0 Å². The van der Waals surface area contributed by atoms with Crippen LogP contribution in [0.15, 0.2) is 0 Å². The molecule has 1 radical (unpaired) electrons. The second kappa shape index (κ2) is 5.26. The van der Waals surface area contributed by atoms with E-state index in [1.165, 1.54) is 0 Å². The smallest absolute Gasteiger partial charge is 0.759 e. The zero-order chi connectivity index (χ0) is 4.50. The van der Waals surface area contributed by atoms with Gasteiger partial charge in [-0.25, -0.2) is 0 Å². The molecule has 0 aromatic heterocycles. The molecule has 0 rings (SSSR count). The quantitative estimate of drug-likeness (QED) is 0.194. The standard InChI is InChI=1S/Cu.H2I.H2O4S/c;;1-5(2,3)4/h;1H2;(H2,1,2,3,4)/q+2;+1;/p-2. The second-order valence-corrected chi connectivity index (χ2v) is 1.22. The zero-order valence-corrected chi connectivity index (χ0v) is 7.10. The Bertz CT molecular complexity index is 94.9. The predicted octanol–water partition coefficient (Wildman–Crippen LogP) is -4.87. The molecule has 7 heavy (non-hydrogen) atoms.